The Morgan fingerprint density at radius 3 is 2.09 bits per heavy atom. The molecule has 0 bridgehead atoms. The Morgan fingerprint density at radius 1 is 0.594 bits per heavy atom. The van der Waals surface area contributed by atoms with Gasteiger partial charge in [-0.3, -0.25) is 0 Å². The number of benzene rings is 4. The number of furan rings is 1. The van der Waals surface area contributed by atoms with Gasteiger partial charge in [0.25, 0.3) is 0 Å². The molecular weight excluding hydrogens is 460 g/mol. The van der Waals surface area contributed by atoms with Crippen molar-refractivity contribution in [3.05, 3.63) is 108 Å². The fourth-order valence-corrected chi connectivity index (χ4v) is 4.43. The minimum Gasteiger partial charge on any atom is -0.456 e. The van der Waals surface area contributed by atoms with Gasteiger partial charge < -0.3 is 4.42 Å². The van der Waals surface area contributed by atoms with E-state index in [2.05, 4.69) is 46.3 Å². The van der Waals surface area contributed by atoms with Gasteiger partial charge in [0, 0.05) is 31.9 Å². The van der Waals surface area contributed by atoms with Crippen molar-refractivity contribution in [3.63, 3.8) is 0 Å². The standard InChI is InChI=1S/C28H17BrN2O/c29-20-14-15-25-22(16-20)27-21(12-7-13-26(27)32-25)24-17-23(18-8-3-1-4-9-18)30-28(31-24)19-10-5-2-6-11-19/h1-17H. The molecule has 4 heteroatoms. The maximum absolute atomic E-state index is 6.14. The Balaban J connectivity index is 1.66. The molecule has 0 aliphatic heterocycles. The first-order valence-electron chi connectivity index (χ1n) is 10.4. The number of aromatic nitrogens is 2. The van der Waals surface area contributed by atoms with Gasteiger partial charge in [0.2, 0.25) is 0 Å². The first-order chi connectivity index (χ1) is 15.8. The highest BCUT2D eigenvalue weighted by Crippen LogP contribution is 2.38. The SMILES string of the molecule is Brc1ccc2oc3cccc(-c4cc(-c5ccccc5)nc(-c5ccccc5)n4)c3c2c1. The van der Waals surface area contributed by atoms with Crippen molar-refractivity contribution in [2.45, 2.75) is 0 Å². The van der Waals surface area contributed by atoms with Gasteiger partial charge >= 0.3 is 0 Å². The molecule has 152 valence electrons. The fraction of sp³-hybridized carbons (Fsp3) is 0. The van der Waals surface area contributed by atoms with E-state index in [1.165, 1.54) is 0 Å². The molecule has 6 aromatic rings. The Bertz CT molecular complexity index is 1520. The van der Waals surface area contributed by atoms with E-state index in [1.807, 2.05) is 72.8 Å². The molecule has 0 spiro atoms. The largest absolute Gasteiger partial charge is 0.456 e. The Morgan fingerprint density at radius 2 is 1.31 bits per heavy atom. The molecule has 0 aliphatic carbocycles. The zero-order chi connectivity index (χ0) is 21.5. The van der Waals surface area contributed by atoms with Gasteiger partial charge in [-0.05, 0) is 30.3 Å². The molecular formula is C28H17BrN2O. The third kappa shape index (κ3) is 3.29. The van der Waals surface area contributed by atoms with Gasteiger partial charge in [-0.15, -0.1) is 0 Å². The van der Waals surface area contributed by atoms with Crippen LogP contribution < -0.4 is 0 Å². The van der Waals surface area contributed by atoms with Gasteiger partial charge in [-0.25, -0.2) is 9.97 Å². The van der Waals surface area contributed by atoms with Crippen molar-refractivity contribution >= 4 is 37.9 Å². The summed E-state index contributed by atoms with van der Waals surface area (Å²) >= 11 is 3.60. The molecule has 0 aliphatic rings. The molecule has 0 atom stereocenters. The second kappa shape index (κ2) is 7.74. The molecule has 0 radical (unpaired) electrons. The van der Waals surface area contributed by atoms with E-state index in [0.29, 0.717) is 5.82 Å². The van der Waals surface area contributed by atoms with Crippen molar-refractivity contribution < 1.29 is 4.42 Å². The van der Waals surface area contributed by atoms with Gasteiger partial charge in [0.05, 0.1) is 11.4 Å². The lowest BCUT2D eigenvalue weighted by molar-refractivity contribution is 0.669. The van der Waals surface area contributed by atoms with Crippen LogP contribution in [0, 0.1) is 0 Å². The maximum atomic E-state index is 6.14. The highest BCUT2D eigenvalue weighted by molar-refractivity contribution is 9.10. The summed E-state index contributed by atoms with van der Waals surface area (Å²) in [6.45, 7) is 0. The van der Waals surface area contributed by atoms with E-state index in [4.69, 9.17) is 14.4 Å². The van der Waals surface area contributed by atoms with Crippen molar-refractivity contribution in [1.82, 2.24) is 9.97 Å². The lowest BCUT2D eigenvalue weighted by Crippen LogP contribution is -1.96. The maximum Gasteiger partial charge on any atom is 0.160 e. The normalized spacial score (nSPS) is 11.3. The fourth-order valence-electron chi connectivity index (χ4n) is 4.07. The second-order valence-corrected chi connectivity index (χ2v) is 8.53. The predicted octanol–water partition coefficient (Wildman–Crippen LogP) is 8.14. The molecule has 0 fully saturated rings. The Labute approximate surface area is 193 Å². The van der Waals surface area contributed by atoms with E-state index in [0.717, 1.165) is 54.5 Å². The lowest BCUT2D eigenvalue weighted by Gasteiger charge is -2.10. The van der Waals surface area contributed by atoms with Crippen LogP contribution in [-0.2, 0) is 0 Å². The van der Waals surface area contributed by atoms with Crippen LogP contribution >= 0.6 is 15.9 Å². The molecule has 2 aromatic heterocycles. The number of nitrogens with zero attached hydrogens (tertiary/aromatic N) is 2. The number of fused-ring (bicyclic) bond motifs is 3. The third-order valence-corrected chi connectivity index (χ3v) is 6.05. The molecule has 0 saturated carbocycles. The van der Waals surface area contributed by atoms with Gasteiger partial charge in [-0.1, -0.05) is 88.7 Å². The number of hydrogen-bond acceptors (Lipinski definition) is 3. The zero-order valence-corrected chi connectivity index (χ0v) is 18.6. The summed E-state index contributed by atoms with van der Waals surface area (Å²) in [7, 11) is 0. The molecule has 0 amide bonds. The monoisotopic (exact) mass is 476 g/mol. The molecule has 0 saturated heterocycles. The highest BCUT2D eigenvalue weighted by Gasteiger charge is 2.16. The lowest BCUT2D eigenvalue weighted by atomic mass is 10.0. The van der Waals surface area contributed by atoms with Gasteiger partial charge in [0.1, 0.15) is 11.2 Å². The summed E-state index contributed by atoms with van der Waals surface area (Å²) in [5.41, 5.74) is 6.52. The van der Waals surface area contributed by atoms with Gasteiger partial charge in [-0.2, -0.15) is 0 Å². The van der Waals surface area contributed by atoms with E-state index in [-0.39, 0.29) is 0 Å². The molecule has 6 rings (SSSR count). The highest BCUT2D eigenvalue weighted by atomic mass is 79.9. The Kier molecular flexibility index (Phi) is 4.58. The van der Waals surface area contributed by atoms with Crippen LogP contribution in [0.4, 0.5) is 0 Å². The molecule has 32 heavy (non-hydrogen) atoms. The quantitative estimate of drug-likeness (QED) is 0.258. The number of rotatable bonds is 3. The van der Waals surface area contributed by atoms with Crippen molar-refractivity contribution in [3.8, 4) is 33.9 Å². The first kappa shape index (κ1) is 19.0. The van der Waals surface area contributed by atoms with E-state index in [9.17, 15) is 0 Å². The number of hydrogen-bond donors (Lipinski definition) is 0. The minimum atomic E-state index is 0.702. The summed E-state index contributed by atoms with van der Waals surface area (Å²) in [6.07, 6.45) is 0. The molecule has 0 unspecified atom stereocenters. The smallest absolute Gasteiger partial charge is 0.160 e. The van der Waals surface area contributed by atoms with Crippen LogP contribution in [0.3, 0.4) is 0 Å². The minimum absolute atomic E-state index is 0.702. The van der Waals surface area contributed by atoms with Crippen LogP contribution in [0.1, 0.15) is 0 Å². The van der Waals surface area contributed by atoms with Crippen LogP contribution in [0.15, 0.2) is 112 Å². The third-order valence-electron chi connectivity index (χ3n) is 5.56. The van der Waals surface area contributed by atoms with Crippen LogP contribution in [-0.4, -0.2) is 9.97 Å². The van der Waals surface area contributed by atoms with Crippen molar-refractivity contribution in [1.29, 1.82) is 0 Å². The van der Waals surface area contributed by atoms with E-state index >= 15 is 0 Å². The summed E-state index contributed by atoms with van der Waals surface area (Å²) in [5.74, 6) is 0.702. The van der Waals surface area contributed by atoms with Crippen LogP contribution in [0.25, 0.3) is 55.8 Å². The van der Waals surface area contributed by atoms with Crippen molar-refractivity contribution in [2.75, 3.05) is 0 Å². The average Bonchev–Trinajstić information content (AvgIpc) is 3.23. The molecule has 2 heterocycles. The van der Waals surface area contributed by atoms with Crippen LogP contribution in [0.2, 0.25) is 0 Å². The van der Waals surface area contributed by atoms with E-state index in [1.54, 1.807) is 0 Å². The summed E-state index contributed by atoms with van der Waals surface area (Å²) < 4.78 is 7.15. The van der Waals surface area contributed by atoms with Gasteiger partial charge in [0.15, 0.2) is 5.82 Å². The molecule has 0 N–H and O–H groups in total. The summed E-state index contributed by atoms with van der Waals surface area (Å²) in [5, 5.41) is 2.12. The summed E-state index contributed by atoms with van der Waals surface area (Å²) in [6, 6.07) is 34.6. The topological polar surface area (TPSA) is 38.9 Å². The van der Waals surface area contributed by atoms with E-state index < -0.39 is 0 Å². The number of halogens is 1. The van der Waals surface area contributed by atoms with Crippen molar-refractivity contribution in [2.24, 2.45) is 0 Å². The first-order valence-corrected chi connectivity index (χ1v) is 11.2. The van der Waals surface area contributed by atoms with Crippen LogP contribution in [0.5, 0.6) is 0 Å². The predicted molar refractivity (Wildman–Crippen MR) is 133 cm³/mol. The second-order valence-electron chi connectivity index (χ2n) is 7.62. The molecule has 3 nitrogen and oxygen atoms in total. The Hall–Kier alpha value is -3.76. The average molecular weight is 477 g/mol. The zero-order valence-electron chi connectivity index (χ0n) is 17.0. The summed E-state index contributed by atoms with van der Waals surface area (Å²) in [4.78, 5) is 9.90. The molecule has 4 aromatic carbocycles.